The lowest BCUT2D eigenvalue weighted by molar-refractivity contribution is -0.137. The van der Waals surface area contributed by atoms with Gasteiger partial charge in [0.2, 0.25) is 0 Å². The molecule has 0 bridgehead atoms. The van der Waals surface area contributed by atoms with Gasteiger partial charge in [0.25, 0.3) is 0 Å². The average molecular weight is 386 g/mol. The third-order valence-corrected chi connectivity index (χ3v) is 2.90. The fourth-order valence-corrected chi connectivity index (χ4v) is 1.98. The van der Waals surface area contributed by atoms with Gasteiger partial charge in [0.15, 0.2) is 5.11 Å². The molecule has 22 heavy (non-hydrogen) atoms. The number of halogens is 8. The number of hydrogen-bond donors (Lipinski definition) is 3. The van der Waals surface area contributed by atoms with E-state index >= 15 is 0 Å². The lowest BCUT2D eigenvalue weighted by Gasteiger charge is -2.16. The number of hydrazine groups is 1. The highest BCUT2D eigenvalue weighted by Gasteiger charge is 2.32. The van der Waals surface area contributed by atoms with Gasteiger partial charge in [-0.25, -0.2) is 5.43 Å². The summed E-state index contributed by atoms with van der Waals surface area (Å²) in [6.45, 7) is -1.37. The summed E-state index contributed by atoms with van der Waals surface area (Å²) in [6.07, 6.45) is -9.11. The number of hydrogen-bond acceptors (Lipinski definition) is 2. The van der Waals surface area contributed by atoms with Crippen molar-refractivity contribution in [1.29, 1.82) is 0 Å². The summed E-state index contributed by atoms with van der Waals surface area (Å²) in [6, 6.07) is 1.23. The van der Waals surface area contributed by atoms with Gasteiger partial charge in [0.05, 0.1) is 21.3 Å². The van der Waals surface area contributed by atoms with E-state index in [4.69, 9.17) is 23.2 Å². The zero-order valence-corrected chi connectivity index (χ0v) is 12.6. The summed E-state index contributed by atoms with van der Waals surface area (Å²) in [4.78, 5) is 0. The second-order valence-corrected chi connectivity index (χ2v) is 5.08. The molecule has 0 amide bonds. The van der Waals surface area contributed by atoms with Crippen molar-refractivity contribution in [2.75, 3.05) is 11.9 Å². The zero-order valence-electron chi connectivity index (χ0n) is 10.3. The van der Waals surface area contributed by atoms with Gasteiger partial charge in [-0.2, -0.15) is 26.3 Å². The quantitative estimate of drug-likeness (QED) is 0.410. The third-order valence-electron chi connectivity index (χ3n) is 2.10. The molecule has 12 heteroatoms. The fraction of sp³-hybridized carbons (Fsp3) is 0.300. The topological polar surface area (TPSA) is 36.1 Å². The second kappa shape index (κ2) is 7.07. The summed E-state index contributed by atoms with van der Waals surface area (Å²) in [5, 5.41) is 1.17. The molecule has 0 heterocycles. The first kappa shape index (κ1) is 19.1. The maximum atomic E-state index is 12.5. The van der Waals surface area contributed by atoms with E-state index in [1.807, 2.05) is 5.43 Å². The molecule has 0 saturated heterocycles. The van der Waals surface area contributed by atoms with Gasteiger partial charge in [-0.1, -0.05) is 23.2 Å². The van der Waals surface area contributed by atoms with Crippen molar-refractivity contribution in [3.63, 3.8) is 0 Å². The van der Waals surface area contributed by atoms with Crippen LogP contribution in [-0.2, 0) is 6.18 Å². The van der Waals surface area contributed by atoms with Crippen LogP contribution in [0, 0.1) is 0 Å². The Morgan fingerprint density at radius 3 is 1.95 bits per heavy atom. The highest BCUT2D eigenvalue weighted by molar-refractivity contribution is 7.80. The Bertz CT molecular complexity index is 538. The van der Waals surface area contributed by atoms with Crippen LogP contribution in [-0.4, -0.2) is 17.8 Å². The van der Waals surface area contributed by atoms with Crippen molar-refractivity contribution in [2.45, 2.75) is 12.4 Å². The maximum absolute atomic E-state index is 12.5. The molecule has 1 rings (SSSR count). The van der Waals surface area contributed by atoms with E-state index in [1.54, 1.807) is 5.43 Å². The Morgan fingerprint density at radius 2 is 1.55 bits per heavy atom. The molecule has 0 atom stereocenters. The number of rotatable bonds is 3. The SMILES string of the molecule is FC(F)(F)CNNC(=S)Nc1c(Cl)cc(C(F)(F)F)cc1Cl. The number of thiocarbonyl (C=S) groups is 1. The van der Waals surface area contributed by atoms with Gasteiger partial charge in [0.1, 0.15) is 6.54 Å². The highest BCUT2D eigenvalue weighted by atomic mass is 35.5. The van der Waals surface area contributed by atoms with Crippen LogP contribution in [0.15, 0.2) is 12.1 Å². The molecule has 0 aliphatic carbocycles. The summed E-state index contributed by atoms with van der Waals surface area (Å²) in [5.74, 6) is 0. The largest absolute Gasteiger partial charge is 0.416 e. The molecule has 124 valence electrons. The molecule has 0 aromatic heterocycles. The standard InChI is InChI=1S/C10H7Cl2F6N3S/c11-5-1-4(10(16,17)18)2-6(12)7(5)20-8(22)21-19-3-9(13,14)15/h1-2,19H,3H2,(H2,20,21,22). The minimum Gasteiger partial charge on any atom is -0.329 e. The van der Waals surface area contributed by atoms with E-state index in [-0.39, 0.29) is 20.8 Å². The van der Waals surface area contributed by atoms with E-state index < -0.39 is 24.5 Å². The summed E-state index contributed by atoms with van der Waals surface area (Å²) >= 11 is 16.0. The van der Waals surface area contributed by atoms with E-state index in [1.165, 1.54) is 0 Å². The van der Waals surface area contributed by atoms with Gasteiger partial charge < -0.3 is 5.32 Å². The lowest BCUT2D eigenvalue weighted by atomic mass is 10.2. The van der Waals surface area contributed by atoms with Crippen LogP contribution in [0.5, 0.6) is 0 Å². The smallest absolute Gasteiger partial charge is 0.329 e. The molecule has 3 nitrogen and oxygen atoms in total. The fourth-order valence-electron chi connectivity index (χ4n) is 1.23. The Morgan fingerprint density at radius 1 is 1.05 bits per heavy atom. The van der Waals surface area contributed by atoms with Crippen LogP contribution in [0.3, 0.4) is 0 Å². The lowest BCUT2D eigenvalue weighted by Crippen LogP contribution is -2.44. The van der Waals surface area contributed by atoms with Gasteiger partial charge in [-0.3, -0.25) is 5.43 Å². The molecular weight excluding hydrogens is 379 g/mol. The van der Waals surface area contributed by atoms with Crippen LogP contribution < -0.4 is 16.2 Å². The monoisotopic (exact) mass is 385 g/mol. The van der Waals surface area contributed by atoms with Crippen molar-refractivity contribution in [2.24, 2.45) is 0 Å². The van der Waals surface area contributed by atoms with E-state index in [9.17, 15) is 26.3 Å². The molecule has 1 aromatic rings. The van der Waals surface area contributed by atoms with E-state index in [0.29, 0.717) is 12.1 Å². The summed E-state index contributed by atoms with van der Waals surface area (Å²) in [5.41, 5.74) is 2.54. The van der Waals surface area contributed by atoms with Crippen molar-refractivity contribution < 1.29 is 26.3 Å². The molecule has 1 aromatic carbocycles. The normalized spacial score (nSPS) is 12.2. The summed E-state index contributed by atoms with van der Waals surface area (Å²) < 4.78 is 73.3. The minimum absolute atomic E-state index is 0.164. The average Bonchev–Trinajstić information content (AvgIpc) is 2.30. The molecule has 3 N–H and O–H groups in total. The first-order valence-corrected chi connectivity index (χ1v) is 6.49. The van der Waals surface area contributed by atoms with Gasteiger partial charge in [-0.05, 0) is 24.4 Å². The van der Waals surface area contributed by atoms with Crippen LogP contribution in [0.25, 0.3) is 0 Å². The Kier molecular flexibility index (Phi) is 6.13. The van der Waals surface area contributed by atoms with E-state index in [2.05, 4.69) is 17.5 Å². The Hall–Kier alpha value is -0.970. The van der Waals surface area contributed by atoms with Crippen LogP contribution in [0.2, 0.25) is 10.0 Å². The number of anilines is 1. The van der Waals surface area contributed by atoms with Crippen molar-refractivity contribution in [3.05, 3.63) is 27.7 Å². The number of benzene rings is 1. The first-order valence-electron chi connectivity index (χ1n) is 5.33. The second-order valence-electron chi connectivity index (χ2n) is 3.86. The van der Waals surface area contributed by atoms with Gasteiger partial charge >= 0.3 is 12.4 Å². The predicted octanol–water partition coefficient (Wildman–Crippen LogP) is 4.37. The van der Waals surface area contributed by atoms with E-state index in [0.717, 1.165) is 0 Å². The van der Waals surface area contributed by atoms with Crippen molar-refractivity contribution in [3.8, 4) is 0 Å². The van der Waals surface area contributed by atoms with Gasteiger partial charge in [0, 0.05) is 0 Å². The maximum Gasteiger partial charge on any atom is 0.416 e. The molecule has 0 radical (unpaired) electrons. The molecule has 0 aliphatic heterocycles. The Labute approximate surface area is 135 Å². The molecule has 0 spiro atoms. The molecule has 0 unspecified atom stereocenters. The molecule has 0 aliphatic rings. The van der Waals surface area contributed by atoms with Crippen LogP contribution in [0.1, 0.15) is 5.56 Å². The molecule has 0 fully saturated rings. The highest BCUT2D eigenvalue weighted by Crippen LogP contribution is 2.38. The molecular formula is C10H7Cl2F6N3S. The number of nitrogens with one attached hydrogen (secondary N) is 3. The summed E-state index contributed by atoms with van der Waals surface area (Å²) in [7, 11) is 0. The third kappa shape index (κ3) is 6.03. The van der Waals surface area contributed by atoms with Crippen molar-refractivity contribution in [1.82, 2.24) is 10.9 Å². The Balaban J connectivity index is 2.76. The first-order chi connectivity index (χ1) is 9.90. The molecule has 0 saturated carbocycles. The van der Waals surface area contributed by atoms with Crippen molar-refractivity contribution >= 4 is 46.2 Å². The van der Waals surface area contributed by atoms with Crippen LogP contribution >= 0.6 is 35.4 Å². The zero-order chi connectivity index (χ0) is 17.1. The van der Waals surface area contributed by atoms with Gasteiger partial charge in [-0.15, -0.1) is 0 Å². The minimum atomic E-state index is -4.64. The predicted molar refractivity (Wildman–Crippen MR) is 74.9 cm³/mol. The van der Waals surface area contributed by atoms with Crippen LogP contribution in [0.4, 0.5) is 32.0 Å². The number of alkyl halides is 6.